The first-order valence-corrected chi connectivity index (χ1v) is 6.70. The van der Waals surface area contributed by atoms with E-state index in [0.717, 1.165) is 37.5 Å². The van der Waals surface area contributed by atoms with Crippen molar-refractivity contribution in [1.82, 2.24) is 10.5 Å². The van der Waals surface area contributed by atoms with Gasteiger partial charge in [0.25, 0.3) is 0 Å². The van der Waals surface area contributed by atoms with Crippen LogP contribution in [-0.4, -0.2) is 11.8 Å². The second-order valence-electron chi connectivity index (χ2n) is 4.43. The molecule has 0 fully saturated rings. The maximum Gasteiger partial charge on any atom is 0.150 e. The molecule has 0 unspecified atom stereocenters. The lowest BCUT2D eigenvalue weighted by atomic mass is 10.2. The second-order valence-corrected chi connectivity index (χ2v) is 4.43. The zero-order valence-electron chi connectivity index (χ0n) is 11.3. The third kappa shape index (κ3) is 4.75. The summed E-state index contributed by atoms with van der Waals surface area (Å²) in [4.78, 5) is 0. The Kier molecular flexibility index (Phi) is 5.44. The highest BCUT2D eigenvalue weighted by atomic mass is 16.5. The van der Waals surface area contributed by atoms with Gasteiger partial charge in [0, 0.05) is 12.6 Å². The number of nitrogens with zero attached hydrogens (tertiary/aromatic N) is 1. The van der Waals surface area contributed by atoms with Gasteiger partial charge in [0.05, 0.1) is 19.3 Å². The Bertz CT molecular complexity index is 452. The van der Waals surface area contributed by atoms with E-state index in [0.29, 0.717) is 6.54 Å². The van der Waals surface area contributed by atoms with Gasteiger partial charge in [-0.3, -0.25) is 0 Å². The molecule has 1 aromatic carbocycles. The minimum atomic E-state index is 0.689. The molecule has 19 heavy (non-hydrogen) atoms. The monoisotopic (exact) mass is 260 g/mol. The zero-order chi connectivity index (χ0) is 13.3. The van der Waals surface area contributed by atoms with Crippen LogP contribution in [0.5, 0.6) is 5.75 Å². The maximum absolute atomic E-state index is 5.62. The molecule has 1 heterocycles. The summed E-state index contributed by atoms with van der Waals surface area (Å²) in [7, 11) is 0. The fourth-order valence-corrected chi connectivity index (χ4v) is 1.70. The summed E-state index contributed by atoms with van der Waals surface area (Å²) in [6.07, 6.45) is 3.91. The van der Waals surface area contributed by atoms with Crippen LogP contribution in [0.15, 0.2) is 41.1 Å². The van der Waals surface area contributed by atoms with Crippen molar-refractivity contribution in [2.24, 2.45) is 0 Å². The van der Waals surface area contributed by atoms with Crippen molar-refractivity contribution >= 4 is 0 Å². The fourth-order valence-electron chi connectivity index (χ4n) is 1.70. The average molecular weight is 260 g/mol. The van der Waals surface area contributed by atoms with Crippen LogP contribution in [0.3, 0.4) is 0 Å². The van der Waals surface area contributed by atoms with Crippen LogP contribution in [0, 0.1) is 0 Å². The van der Waals surface area contributed by atoms with Crippen molar-refractivity contribution in [1.29, 1.82) is 0 Å². The van der Waals surface area contributed by atoms with Crippen molar-refractivity contribution in [3.63, 3.8) is 0 Å². The molecule has 0 radical (unpaired) electrons. The summed E-state index contributed by atoms with van der Waals surface area (Å²) >= 11 is 0. The van der Waals surface area contributed by atoms with Gasteiger partial charge in [-0.1, -0.05) is 30.6 Å². The lowest BCUT2D eigenvalue weighted by Crippen LogP contribution is -2.12. The van der Waals surface area contributed by atoms with Crippen LogP contribution in [0.25, 0.3) is 0 Å². The largest absolute Gasteiger partial charge is 0.494 e. The molecule has 0 aliphatic carbocycles. The summed E-state index contributed by atoms with van der Waals surface area (Å²) in [5.74, 6) is 1.78. The van der Waals surface area contributed by atoms with E-state index in [4.69, 9.17) is 9.26 Å². The molecule has 0 aliphatic rings. The molecule has 1 N–H and O–H groups in total. The van der Waals surface area contributed by atoms with Gasteiger partial charge < -0.3 is 14.6 Å². The Morgan fingerprint density at radius 2 is 2.00 bits per heavy atom. The van der Waals surface area contributed by atoms with E-state index in [9.17, 15) is 0 Å². The maximum atomic E-state index is 5.62. The number of rotatable bonds is 8. The smallest absolute Gasteiger partial charge is 0.150 e. The lowest BCUT2D eigenvalue weighted by Gasteiger charge is -2.07. The van der Waals surface area contributed by atoms with Crippen molar-refractivity contribution in [3.05, 3.63) is 47.9 Å². The Labute approximate surface area is 113 Å². The number of nitrogens with one attached hydrogen (secondary N) is 1. The highest BCUT2D eigenvalue weighted by Gasteiger charge is 1.98. The van der Waals surface area contributed by atoms with E-state index in [1.54, 1.807) is 6.20 Å². The predicted molar refractivity (Wildman–Crippen MR) is 73.9 cm³/mol. The fraction of sp³-hybridized carbons (Fsp3) is 0.400. The van der Waals surface area contributed by atoms with E-state index in [2.05, 4.69) is 29.5 Å². The Morgan fingerprint density at radius 3 is 2.68 bits per heavy atom. The van der Waals surface area contributed by atoms with Gasteiger partial charge in [-0.15, -0.1) is 0 Å². The zero-order valence-corrected chi connectivity index (χ0v) is 11.3. The first kappa shape index (κ1) is 13.6. The Hall–Kier alpha value is -1.81. The topological polar surface area (TPSA) is 47.3 Å². The van der Waals surface area contributed by atoms with Crippen molar-refractivity contribution < 1.29 is 9.26 Å². The molecule has 4 nitrogen and oxygen atoms in total. The van der Waals surface area contributed by atoms with Gasteiger partial charge in [0.1, 0.15) is 11.5 Å². The summed E-state index contributed by atoms with van der Waals surface area (Å²) < 4.78 is 10.6. The Balaban J connectivity index is 1.72. The van der Waals surface area contributed by atoms with Gasteiger partial charge in [-0.2, -0.15) is 0 Å². The van der Waals surface area contributed by atoms with Gasteiger partial charge in [0.2, 0.25) is 0 Å². The van der Waals surface area contributed by atoms with Crippen LogP contribution in [0.2, 0.25) is 0 Å². The van der Waals surface area contributed by atoms with E-state index in [-0.39, 0.29) is 0 Å². The molecule has 0 amide bonds. The van der Waals surface area contributed by atoms with E-state index < -0.39 is 0 Å². The normalized spacial score (nSPS) is 10.6. The van der Waals surface area contributed by atoms with E-state index in [1.165, 1.54) is 5.56 Å². The minimum absolute atomic E-state index is 0.689. The Morgan fingerprint density at radius 1 is 1.16 bits per heavy atom. The number of benzene rings is 1. The van der Waals surface area contributed by atoms with Gasteiger partial charge in [-0.25, -0.2) is 0 Å². The van der Waals surface area contributed by atoms with E-state index >= 15 is 0 Å². The van der Waals surface area contributed by atoms with Crippen molar-refractivity contribution in [2.75, 3.05) is 6.61 Å². The highest BCUT2D eigenvalue weighted by molar-refractivity contribution is 5.27. The molecule has 2 rings (SSSR count). The minimum Gasteiger partial charge on any atom is -0.494 e. The summed E-state index contributed by atoms with van der Waals surface area (Å²) in [5.41, 5.74) is 1.22. The summed E-state index contributed by atoms with van der Waals surface area (Å²) in [6, 6.07) is 10.0. The lowest BCUT2D eigenvalue weighted by molar-refractivity contribution is 0.309. The number of hydrogen-bond donors (Lipinski definition) is 1. The van der Waals surface area contributed by atoms with Gasteiger partial charge in [-0.05, 0) is 24.1 Å². The molecule has 0 bridgehead atoms. The van der Waals surface area contributed by atoms with Crippen LogP contribution >= 0.6 is 0 Å². The van der Waals surface area contributed by atoms with E-state index in [1.807, 2.05) is 18.2 Å². The average Bonchev–Trinajstić information content (AvgIpc) is 2.94. The standard InChI is InChI=1S/C15H20N2O2/c1-2-3-10-18-14-6-4-13(5-7-14)11-16-12-15-8-9-17-19-15/h4-9,16H,2-3,10-12H2,1H3. The highest BCUT2D eigenvalue weighted by Crippen LogP contribution is 2.12. The van der Waals surface area contributed by atoms with Crippen LogP contribution < -0.4 is 10.1 Å². The molecule has 0 aliphatic heterocycles. The van der Waals surface area contributed by atoms with Gasteiger partial charge in [0.15, 0.2) is 0 Å². The quantitative estimate of drug-likeness (QED) is 0.741. The third-order valence-corrected chi connectivity index (χ3v) is 2.81. The first-order valence-electron chi connectivity index (χ1n) is 6.70. The number of hydrogen-bond acceptors (Lipinski definition) is 4. The molecular formula is C15H20N2O2. The molecule has 0 saturated heterocycles. The number of unbranched alkanes of at least 4 members (excludes halogenated alkanes) is 1. The van der Waals surface area contributed by atoms with Crippen LogP contribution in [-0.2, 0) is 13.1 Å². The van der Waals surface area contributed by atoms with Crippen molar-refractivity contribution in [2.45, 2.75) is 32.9 Å². The predicted octanol–water partition coefficient (Wildman–Crippen LogP) is 3.14. The number of ether oxygens (including phenoxy) is 1. The first-order chi connectivity index (χ1) is 9.38. The SMILES string of the molecule is CCCCOc1ccc(CNCc2ccno2)cc1. The molecule has 1 aromatic heterocycles. The van der Waals surface area contributed by atoms with Crippen molar-refractivity contribution in [3.8, 4) is 5.75 Å². The third-order valence-electron chi connectivity index (χ3n) is 2.81. The van der Waals surface area contributed by atoms with Crippen LogP contribution in [0.4, 0.5) is 0 Å². The molecule has 4 heteroatoms. The molecule has 102 valence electrons. The molecule has 0 atom stereocenters. The molecule has 0 spiro atoms. The molecule has 2 aromatic rings. The number of aromatic nitrogens is 1. The van der Waals surface area contributed by atoms with Gasteiger partial charge >= 0.3 is 0 Å². The van der Waals surface area contributed by atoms with Crippen LogP contribution in [0.1, 0.15) is 31.1 Å². The summed E-state index contributed by atoms with van der Waals surface area (Å²) in [5, 5.41) is 6.96. The molecule has 0 saturated carbocycles. The summed E-state index contributed by atoms with van der Waals surface area (Å²) in [6.45, 7) is 4.44. The second kappa shape index (κ2) is 7.59. The molecular weight excluding hydrogens is 240 g/mol.